The van der Waals surface area contributed by atoms with Crippen molar-refractivity contribution in [3.63, 3.8) is 0 Å². The number of esters is 1. The molecule has 0 saturated carbocycles. The van der Waals surface area contributed by atoms with Gasteiger partial charge in [0.05, 0.1) is 48.6 Å². The molecule has 1 heterocycles. The van der Waals surface area contributed by atoms with Gasteiger partial charge in [-0.1, -0.05) is 12.1 Å². The molecule has 1 aliphatic rings. The van der Waals surface area contributed by atoms with Gasteiger partial charge in [0.1, 0.15) is 5.75 Å². The molecule has 3 rings (SSSR count). The zero-order valence-corrected chi connectivity index (χ0v) is 18.1. The predicted molar refractivity (Wildman–Crippen MR) is 113 cm³/mol. The maximum Gasteiger partial charge on any atom is 0.340 e. The summed E-state index contributed by atoms with van der Waals surface area (Å²) in [6.45, 7) is 3.46. The lowest BCUT2D eigenvalue weighted by molar-refractivity contribution is 0.0300. The average molecular weight is 448 g/mol. The maximum atomic E-state index is 13.0. The first kappa shape index (κ1) is 22.6. The van der Waals surface area contributed by atoms with Crippen molar-refractivity contribution in [2.45, 2.75) is 11.8 Å². The summed E-state index contributed by atoms with van der Waals surface area (Å²) in [7, 11) is -2.69. The zero-order chi connectivity index (χ0) is 22.4. The molecule has 2 aromatic rings. The van der Waals surface area contributed by atoms with Crippen molar-refractivity contribution in [2.24, 2.45) is 0 Å². The first-order chi connectivity index (χ1) is 14.9. The van der Waals surface area contributed by atoms with Crippen molar-refractivity contribution in [1.82, 2.24) is 4.90 Å². The van der Waals surface area contributed by atoms with Crippen LogP contribution in [0.2, 0.25) is 0 Å². The molecule has 0 bridgehead atoms. The highest BCUT2D eigenvalue weighted by Gasteiger charge is 2.25. The lowest BCUT2D eigenvalue weighted by Crippen LogP contribution is -2.40. The molecule has 0 spiro atoms. The van der Waals surface area contributed by atoms with Crippen LogP contribution >= 0.6 is 0 Å². The molecule has 0 atom stereocenters. The Morgan fingerprint density at radius 1 is 1.10 bits per heavy atom. The van der Waals surface area contributed by atoms with Gasteiger partial charge in [-0.15, -0.1) is 0 Å². The van der Waals surface area contributed by atoms with Gasteiger partial charge in [0.15, 0.2) is 0 Å². The van der Waals surface area contributed by atoms with Gasteiger partial charge < -0.3 is 19.1 Å². The van der Waals surface area contributed by atoms with E-state index in [1.54, 1.807) is 24.0 Å². The number of hydrogen-bond acceptors (Lipinski definition) is 7. The standard InChI is InChI=1S/C21H24N2O7S/c1-3-30-21(25)16-6-4-5-7-18(16)22-31(26,27)15-8-9-19(28-2)17(14-15)20(24)23-10-12-29-13-11-23/h4-9,14,22H,3,10-13H2,1-2H3. The van der Waals surface area contributed by atoms with Gasteiger partial charge in [-0.25, -0.2) is 13.2 Å². The Balaban J connectivity index is 1.93. The Kier molecular flexibility index (Phi) is 7.13. The summed E-state index contributed by atoms with van der Waals surface area (Å²) in [5.41, 5.74) is 0.301. The Morgan fingerprint density at radius 2 is 1.81 bits per heavy atom. The van der Waals surface area contributed by atoms with E-state index in [-0.39, 0.29) is 40.0 Å². The molecule has 1 fully saturated rings. The average Bonchev–Trinajstić information content (AvgIpc) is 2.79. The fourth-order valence-corrected chi connectivity index (χ4v) is 4.23. The van der Waals surface area contributed by atoms with Gasteiger partial charge in [-0.3, -0.25) is 9.52 Å². The van der Waals surface area contributed by atoms with Crippen LogP contribution in [0.1, 0.15) is 27.6 Å². The Bertz CT molecular complexity index is 1060. The highest BCUT2D eigenvalue weighted by atomic mass is 32.2. The number of para-hydroxylation sites is 1. The topological polar surface area (TPSA) is 111 Å². The van der Waals surface area contributed by atoms with Crippen LogP contribution in [0.15, 0.2) is 47.4 Å². The summed E-state index contributed by atoms with van der Waals surface area (Å²) in [4.78, 5) is 26.6. The van der Waals surface area contributed by atoms with Crippen LogP contribution in [-0.2, 0) is 19.5 Å². The van der Waals surface area contributed by atoms with E-state index >= 15 is 0 Å². The molecule has 0 radical (unpaired) electrons. The van der Waals surface area contributed by atoms with Crippen molar-refractivity contribution in [3.05, 3.63) is 53.6 Å². The van der Waals surface area contributed by atoms with E-state index in [4.69, 9.17) is 14.2 Å². The first-order valence-electron chi connectivity index (χ1n) is 9.71. The van der Waals surface area contributed by atoms with Crippen LogP contribution in [0.5, 0.6) is 5.75 Å². The number of anilines is 1. The normalized spacial score (nSPS) is 14.1. The molecule has 10 heteroatoms. The molecule has 31 heavy (non-hydrogen) atoms. The molecule has 2 aromatic carbocycles. The highest BCUT2D eigenvalue weighted by molar-refractivity contribution is 7.92. The number of methoxy groups -OCH3 is 1. The Morgan fingerprint density at radius 3 is 2.48 bits per heavy atom. The second-order valence-corrected chi connectivity index (χ2v) is 8.32. The monoisotopic (exact) mass is 448 g/mol. The number of sulfonamides is 1. The van der Waals surface area contributed by atoms with Crippen molar-refractivity contribution < 1.29 is 32.2 Å². The van der Waals surface area contributed by atoms with Crippen molar-refractivity contribution in [3.8, 4) is 5.75 Å². The lowest BCUT2D eigenvalue weighted by Gasteiger charge is -2.27. The molecule has 0 aliphatic carbocycles. The Hall–Kier alpha value is -3.11. The third-order valence-corrected chi connectivity index (χ3v) is 6.04. The number of nitrogens with zero attached hydrogens (tertiary/aromatic N) is 1. The van der Waals surface area contributed by atoms with Crippen molar-refractivity contribution in [1.29, 1.82) is 0 Å². The van der Waals surface area contributed by atoms with Gasteiger partial charge in [0.2, 0.25) is 0 Å². The Labute approximate surface area is 181 Å². The first-order valence-corrected chi connectivity index (χ1v) is 11.2. The van der Waals surface area contributed by atoms with Crippen LogP contribution < -0.4 is 9.46 Å². The fraction of sp³-hybridized carbons (Fsp3) is 0.333. The van der Waals surface area contributed by atoms with E-state index < -0.39 is 16.0 Å². The largest absolute Gasteiger partial charge is 0.496 e. The number of ether oxygens (including phenoxy) is 3. The number of benzene rings is 2. The molecule has 9 nitrogen and oxygen atoms in total. The molecule has 1 aliphatic heterocycles. The van der Waals surface area contributed by atoms with E-state index in [2.05, 4.69) is 4.72 Å². The minimum atomic E-state index is -4.10. The van der Waals surface area contributed by atoms with E-state index in [0.717, 1.165) is 0 Å². The minimum Gasteiger partial charge on any atom is -0.496 e. The predicted octanol–water partition coefficient (Wildman–Crippen LogP) is 2.15. The molecule has 1 N–H and O–H groups in total. The smallest absolute Gasteiger partial charge is 0.340 e. The summed E-state index contributed by atoms with van der Waals surface area (Å²) in [6, 6.07) is 10.2. The number of rotatable bonds is 7. The molecule has 166 valence electrons. The summed E-state index contributed by atoms with van der Waals surface area (Å²) in [5.74, 6) is -0.717. The second kappa shape index (κ2) is 9.80. The number of carbonyl (C=O) groups is 2. The van der Waals surface area contributed by atoms with Crippen LogP contribution in [0.4, 0.5) is 5.69 Å². The van der Waals surface area contributed by atoms with E-state index in [1.807, 2.05) is 0 Å². The van der Waals surface area contributed by atoms with Crippen LogP contribution in [0.3, 0.4) is 0 Å². The second-order valence-electron chi connectivity index (χ2n) is 6.64. The van der Waals surface area contributed by atoms with E-state index in [9.17, 15) is 18.0 Å². The number of nitrogens with one attached hydrogen (secondary N) is 1. The summed E-state index contributed by atoms with van der Waals surface area (Å²) in [6.07, 6.45) is 0. The van der Waals surface area contributed by atoms with Gasteiger partial charge in [0.25, 0.3) is 15.9 Å². The maximum absolute atomic E-state index is 13.0. The van der Waals surface area contributed by atoms with Crippen LogP contribution in [0, 0.1) is 0 Å². The number of hydrogen-bond donors (Lipinski definition) is 1. The summed E-state index contributed by atoms with van der Waals surface area (Å²) in [5, 5.41) is 0. The van der Waals surface area contributed by atoms with Crippen molar-refractivity contribution >= 4 is 27.6 Å². The van der Waals surface area contributed by atoms with Crippen LogP contribution in [-0.4, -0.2) is 65.2 Å². The zero-order valence-electron chi connectivity index (χ0n) is 17.3. The number of carbonyl (C=O) groups excluding carboxylic acids is 2. The lowest BCUT2D eigenvalue weighted by atomic mass is 10.1. The van der Waals surface area contributed by atoms with Gasteiger partial charge in [-0.05, 0) is 37.3 Å². The molecule has 0 aromatic heterocycles. The van der Waals surface area contributed by atoms with E-state index in [1.165, 1.54) is 37.4 Å². The quantitative estimate of drug-likeness (QED) is 0.646. The fourth-order valence-electron chi connectivity index (χ4n) is 3.12. The molecule has 0 unspecified atom stereocenters. The summed E-state index contributed by atoms with van der Waals surface area (Å²) >= 11 is 0. The molecule has 1 amide bonds. The third-order valence-electron chi connectivity index (χ3n) is 4.68. The molecular weight excluding hydrogens is 424 g/mol. The van der Waals surface area contributed by atoms with Gasteiger partial charge in [0, 0.05) is 13.1 Å². The summed E-state index contributed by atoms with van der Waals surface area (Å²) < 4.78 is 44.0. The third kappa shape index (κ3) is 5.15. The molecular formula is C21H24N2O7S. The highest BCUT2D eigenvalue weighted by Crippen LogP contribution is 2.27. The number of morpholine rings is 1. The SMILES string of the molecule is CCOC(=O)c1ccccc1NS(=O)(=O)c1ccc(OC)c(C(=O)N2CCOCC2)c1. The van der Waals surface area contributed by atoms with Crippen molar-refractivity contribution in [2.75, 3.05) is 44.7 Å². The van der Waals surface area contributed by atoms with Gasteiger partial charge >= 0.3 is 5.97 Å². The van der Waals surface area contributed by atoms with Gasteiger partial charge in [-0.2, -0.15) is 0 Å². The molecule has 1 saturated heterocycles. The van der Waals surface area contributed by atoms with E-state index in [0.29, 0.717) is 26.3 Å². The van der Waals surface area contributed by atoms with Crippen LogP contribution in [0.25, 0.3) is 0 Å². The number of amides is 1. The minimum absolute atomic E-state index is 0.0813.